The molecule has 1 aromatic carbocycles. The molecule has 1 aliphatic heterocycles. The van der Waals surface area contributed by atoms with E-state index in [1.54, 1.807) is 10.7 Å². The molecule has 1 aliphatic rings. The van der Waals surface area contributed by atoms with Crippen LogP contribution in [-0.2, 0) is 4.79 Å². The first-order chi connectivity index (χ1) is 13.6. The van der Waals surface area contributed by atoms with Crippen molar-refractivity contribution in [3.63, 3.8) is 0 Å². The molecule has 1 amide bonds. The number of amides is 1. The highest BCUT2D eigenvalue weighted by Gasteiger charge is 2.25. The zero-order valence-corrected chi connectivity index (χ0v) is 15.8. The number of para-hydroxylation sites is 1. The molecule has 3 aromatic rings. The minimum atomic E-state index is -0.250. The first kappa shape index (κ1) is 19.4. The summed E-state index contributed by atoms with van der Waals surface area (Å²) >= 11 is 0. The van der Waals surface area contributed by atoms with Gasteiger partial charge in [0, 0.05) is 50.3 Å². The van der Waals surface area contributed by atoms with Crippen LogP contribution in [0.25, 0.3) is 5.52 Å². The topological polar surface area (TPSA) is 78.2 Å². The van der Waals surface area contributed by atoms with Gasteiger partial charge >= 0.3 is 0 Å². The summed E-state index contributed by atoms with van der Waals surface area (Å²) in [4.78, 5) is 25.3. The van der Waals surface area contributed by atoms with Crippen LogP contribution < -0.4 is 4.90 Å². The van der Waals surface area contributed by atoms with Crippen LogP contribution in [0.1, 0.15) is 16.8 Å². The molecule has 0 spiro atoms. The van der Waals surface area contributed by atoms with E-state index in [0.29, 0.717) is 11.5 Å². The normalized spacial score (nSPS) is 15.8. The van der Waals surface area contributed by atoms with E-state index < -0.39 is 0 Å². The molecule has 1 fully saturated rings. The van der Waals surface area contributed by atoms with Gasteiger partial charge in [-0.15, -0.1) is 0 Å². The summed E-state index contributed by atoms with van der Waals surface area (Å²) in [6.07, 6.45) is 4.70. The number of fused-ring (bicyclic) bond motifs is 1. The minimum absolute atomic E-state index is 0.0712. The predicted molar refractivity (Wildman–Crippen MR) is 108 cm³/mol. The van der Waals surface area contributed by atoms with Gasteiger partial charge in [-0.25, -0.2) is 4.52 Å². The molecule has 1 unspecified atom stereocenters. The van der Waals surface area contributed by atoms with Gasteiger partial charge in [-0.3, -0.25) is 9.59 Å². The molecule has 0 aliphatic carbocycles. The van der Waals surface area contributed by atoms with E-state index in [1.165, 1.54) is 5.69 Å². The Morgan fingerprint density at radius 2 is 2.04 bits per heavy atom. The van der Waals surface area contributed by atoms with Gasteiger partial charge in [0.15, 0.2) is 0 Å². The molecule has 1 atom stereocenters. The number of pyridine rings is 1. The lowest BCUT2D eigenvalue weighted by atomic mass is 10.1. The van der Waals surface area contributed by atoms with Crippen LogP contribution in [-0.4, -0.2) is 58.7 Å². The molecular formula is C21H24N4O3. The summed E-state index contributed by atoms with van der Waals surface area (Å²) in [6.45, 7) is 2.59. The van der Waals surface area contributed by atoms with Gasteiger partial charge in [-0.1, -0.05) is 18.2 Å². The van der Waals surface area contributed by atoms with Crippen molar-refractivity contribution in [3.8, 4) is 0 Å². The van der Waals surface area contributed by atoms with Crippen LogP contribution in [0.4, 0.5) is 5.69 Å². The molecule has 1 N–H and O–H groups in total. The van der Waals surface area contributed by atoms with Crippen molar-refractivity contribution in [3.05, 3.63) is 66.5 Å². The van der Waals surface area contributed by atoms with Crippen LogP contribution in [0.3, 0.4) is 0 Å². The fraction of sp³-hybridized carbons (Fsp3) is 0.286. The largest absolute Gasteiger partial charge is 0.483 e. The molecule has 4 rings (SSSR count). The second kappa shape index (κ2) is 9.03. The van der Waals surface area contributed by atoms with Crippen molar-refractivity contribution in [2.75, 3.05) is 31.6 Å². The Kier molecular flexibility index (Phi) is 6.26. The van der Waals surface area contributed by atoms with Gasteiger partial charge in [-0.2, -0.15) is 5.10 Å². The number of nitrogens with zero attached hydrogens (tertiary/aromatic N) is 4. The third-order valence-electron chi connectivity index (χ3n) is 4.93. The molecule has 0 saturated carbocycles. The summed E-state index contributed by atoms with van der Waals surface area (Å²) in [5.41, 5.74) is 2.92. The Morgan fingerprint density at radius 3 is 2.79 bits per heavy atom. The Hall–Kier alpha value is -3.35. The lowest BCUT2D eigenvalue weighted by Crippen LogP contribution is -2.33. The lowest BCUT2D eigenvalue weighted by Gasteiger charge is -2.22. The number of anilines is 1. The number of hydrogen-bond donors (Lipinski definition) is 1. The van der Waals surface area contributed by atoms with E-state index in [4.69, 9.17) is 9.90 Å². The summed E-state index contributed by atoms with van der Waals surface area (Å²) in [5, 5.41) is 11.1. The average molecular weight is 380 g/mol. The molecule has 1 saturated heterocycles. The maximum atomic E-state index is 12.7. The fourth-order valence-electron chi connectivity index (χ4n) is 3.60. The fourth-order valence-corrected chi connectivity index (χ4v) is 3.60. The highest BCUT2D eigenvalue weighted by atomic mass is 16.3. The van der Waals surface area contributed by atoms with Crippen molar-refractivity contribution in [1.82, 2.24) is 14.5 Å². The maximum absolute atomic E-state index is 12.7. The number of carbonyl (C=O) groups excluding carboxylic acids is 1. The van der Waals surface area contributed by atoms with Gasteiger partial charge < -0.3 is 14.9 Å². The van der Waals surface area contributed by atoms with Crippen LogP contribution in [0.2, 0.25) is 0 Å². The van der Waals surface area contributed by atoms with E-state index >= 15 is 0 Å². The summed E-state index contributed by atoms with van der Waals surface area (Å²) < 4.78 is 1.77. The highest BCUT2D eigenvalue weighted by Crippen LogP contribution is 2.24. The maximum Gasteiger partial charge on any atom is 0.290 e. The van der Waals surface area contributed by atoms with Gasteiger partial charge in [0.25, 0.3) is 12.4 Å². The van der Waals surface area contributed by atoms with Gasteiger partial charge in [0.05, 0.1) is 5.52 Å². The van der Waals surface area contributed by atoms with Crippen LogP contribution in [0, 0.1) is 5.92 Å². The first-order valence-electron chi connectivity index (χ1n) is 9.19. The zero-order chi connectivity index (χ0) is 19.9. The van der Waals surface area contributed by atoms with Gasteiger partial charge in [0.2, 0.25) is 0 Å². The van der Waals surface area contributed by atoms with Gasteiger partial charge in [0.1, 0.15) is 0 Å². The Bertz CT molecular complexity index is 926. The smallest absolute Gasteiger partial charge is 0.290 e. The molecule has 28 heavy (non-hydrogen) atoms. The van der Waals surface area contributed by atoms with Crippen LogP contribution >= 0.6 is 0 Å². The standard InChI is InChI=1S/C20H22N4O.CH2O2/c1-22(20(25)17-9-12-24-19(13-17)7-10-21-24)14-16-8-11-23(15-16)18-5-3-2-4-6-18;2-1-3/h2-7,9-10,12-13,16H,8,11,14-15H2,1H3;1H,(H,2,3). The summed E-state index contributed by atoms with van der Waals surface area (Å²) in [5.74, 6) is 0.578. The molecule has 3 heterocycles. The molecule has 2 aromatic heterocycles. The lowest BCUT2D eigenvalue weighted by molar-refractivity contribution is -0.122. The van der Waals surface area contributed by atoms with Crippen molar-refractivity contribution in [2.24, 2.45) is 5.92 Å². The Balaban J connectivity index is 0.000000706. The monoisotopic (exact) mass is 380 g/mol. The number of rotatable bonds is 4. The van der Waals surface area contributed by atoms with E-state index in [2.05, 4.69) is 34.3 Å². The van der Waals surface area contributed by atoms with Gasteiger partial charge in [-0.05, 0) is 42.7 Å². The predicted octanol–water partition coefficient (Wildman–Crippen LogP) is 2.63. The molecule has 0 bridgehead atoms. The molecule has 146 valence electrons. The summed E-state index contributed by atoms with van der Waals surface area (Å²) in [7, 11) is 1.90. The number of aromatic nitrogens is 2. The SMILES string of the molecule is CN(CC1CCN(c2ccccc2)C1)C(=O)c1ccn2nccc2c1.O=CO. The van der Waals surface area contributed by atoms with Crippen LogP contribution in [0.15, 0.2) is 60.9 Å². The van der Waals surface area contributed by atoms with E-state index in [0.717, 1.165) is 31.6 Å². The van der Waals surface area contributed by atoms with Crippen molar-refractivity contribution in [2.45, 2.75) is 6.42 Å². The second-order valence-corrected chi connectivity index (χ2v) is 6.84. The number of hydrogen-bond acceptors (Lipinski definition) is 4. The second-order valence-electron chi connectivity index (χ2n) is 6.84. The minimum Gasteiger partial charge on any atom is -0.483 e. The number of carbonyl (C=O) groups is 2. The molecule has 7 nitrogen and oxygen atoms in total. The molecule has 7 heteroatoms. The zero-order valence-electron chi connectivity index (χ0n) is 15.8. The molecular weight excluding hydrogens is 356 g/mol. The molecule has 0 radical (unpaired) electrons. The van der Waals surface area contributed by atoms with Crippen molar-refractivity contribution in [1.29, 1.82) is 0 Å². The van der Waals surface area contributed by atoms with Crippen LogP contribution in [0.5, 0.6) is 0 Å². The first-order valence-corrected chi connectivity index (χ1v) is 9.19. The van der Waals surface area contributed by atoms with E-state index in [1.807, 2.05) is 42.4 Å². The number of benzene rings is 1. The Labute approximate surface area is 163 Å². The third kappa shape index (κ3) is 4.49. The van der Waals surface area contributed by atoms with Crippen molar-refractivity contribution >= 4 is 23.6 Å². The summed E-state index contributed by atoms with van der Waals surface area (Å²) in [6, 6.07) is 16.1. The van der Waals surface area contributed by atoms with Crippen molar-refractivity contribution < 1.29 is 14.7 Å². The Morgan fingerprint density at radius 1 is 1.29 bits per heavy atom. The third-order valence-corrected chi connectivity index (χ3v) is 4.93. The highest BCUT2D eigenvalue weighted by molar-refractivity contribution is 5.95. The number of carboxylic acid groups (broad SMARTS) is 1. The van der Waals surface area contributed by atoms with E-state index in [9.17, 15) is 4.79 Å². The average Bonchev–Trinajstić information content (AvgIpc) is 3.37. The quantitative estimate of drug-likeness (QED) is 0.704. The van der Waals surface area contributed by atoms with E-state index in [-0.39, 0.29) is 12.4 Å².